The lowest BCUT2D eigenvalue weighted by molar-refractivity contribution is 0.0604. The molecule has 0 spiro atoms. The van der Waals surface area contributed by atoms with E-state index < -0.39 is 5.97 Å². The second kappa shape index (κ2) is 5.61. The third kappa shape index (κ3) is 2.15. The molecule has 0 bridgehead atoms. The molecule has 0 saturated heterocycles. The predicted octanol–water partition coefficient (Wildman–Crippen LogP) is 1.30. The molecular formula is C15H17N5O2. The fourth-order valence-corrected chi connectivity index (χ4v) is 2.50. The van der Waals surface area contributed by atoms with Crippen molar-refractivity contribution >= 4 is 34.0 Å². The topological polar surface area (TPSA) is 109 Å². The molecule has 1 aromatic carbocycles. The number of esters is 1. The number of carbonyl (C=O) groups is 1. The van der Waals surface area contributed by atoms with Crippen LogP contribution in [0.4, 0.5) is 5.82 Å². The third-order valence-electron chi connectivity index (χ3n) is 3.57. The number of aromatic nitrogens is 3. The van der Waals surface area contributed by atoms with Crippen LogP contribution in [-0.2, 0) is 11.3 Å². The molecule has 4 N–H and O–H groups in total. The highest BCUT2D eigenvalue weighted by Gasteiger charge is 2.24. The van der Waals surface area contributed by atoms with E-state index in [-0.39, 0.29) is 5.56 Å². The zero-order chi connectivity index (χ0) is 15.7. The van der Waals surface area contributed by atoms with Crippen LogP contribution < -0.4 is 11.5 Å². The van der Waals surface area contributed by atoms with E-state index in [1.165, 1.54) is 7.11 Å². The lowest BCUT2D eigenvalue weighted by Crippen LogP contribution is -2.10. The predicted molar refractivity (Wildman–Crippen MR) is 84.5 cm³/mol. The van der Waals surface area contributed by atoms with E-state index in [4.69, 9.17) is 16.2 Å². The first-order valence-corrected chi connectivity index (χ1v) is 7.00. The molecule has 0 fully saturated rings. The van der Waals surface area contributed by atoms with E-state index in [0.717, 1.165) is 11.9 Å². The summed E-state index contributed by atoms with van der Waals surface area (Å²) in [6.07, 6.45) is 0.725. The van der Waals surface area contributed by atoms with Crippen molar-refractivity contribution in [3.05, 3.63) is 29.8 Å². The fourth-order valence-electron chi connectivity index (χ4n) is 2.50. The highest BCUT2D eigenvalue weighted by atomic mass is 16.5. The van der Waals surface area contributed by atoms with Crippen LogP contribution >= 0.6 is 0 Å². The standard InChI is InChI=1S/C15H17N5O2/c1-22-15(21)11-12-14(20(13(11)17)8-4-7-16)19-10-6-3-2-5-9(10)18-12/h2-3,5-6H,4,7-8,16-17H2,1H3. The zero-order valence-corrected chi connectivity index (χ0v) is 12.2. The molecule has 7 heteroatoms. The van der Waals surface area contributed by atoms with Gasteiger partial charge < -0.3 is 20.8 Å². The summed E-state index contributed by atoms with van der Waals surface area (Å²) in [5.74, 6) is -0.204. The van der Waals surface area contributed by atoms with Crippen molar-refractivity contribution in [2.24, 2.45) is 5.73 Å². The van der Waals surface area contributed by atoms with Gasteiger partial charge in [0.1, 0.15) is 16.9 Å². The number of ether oxygens (including phenoxy) is 1. The first-order valence-electron chi connectivity index (χ1n) is 7.00. The summed E-state index contributed by atoms with van der Waals surface area (Å²) >= 11 is 0. The van der Waals surface area contributed by atoms with Gasteiger partial charge >= 0.3 is 5.97 Å². The Bertz CT molecular complexity index is 856. The Morgan fingerprint density at radius 3 is 2.59 bits per heavy atom. The molecule has 0 saturated carbocycles. The summed E-state index contributed by atoms with van der Waals surface area (Å²) in [4.78, 5) is 21.2. The van der Waals surface area contributed by atoms with E-state index in [1.807, 2.05) is 24.3 Å². The SMILES string of the molecule is COC(=O)c1c(N)n(CCCN)c2nc3ccccc3nc12. The summed E-state index contributed by atoms with van der Waals surface area (Å²) in [6, 6.07) is 7.47. The number of para-hydroxylation sites is 2. The zero-order valence-electron chi connectivity index (χ0n) is 12.2. The molecule has 114 valence electrons. The number of anilines is 1. The minimum Gasteiger partial charge on any atom is -0.465 e. The van der Waals surface area contributed by atoms with Crippen LogP contribution in [0.1, 0.15) is 16.8 Å². The van der Waals surface area contributed by atoms with Crippen molar-refractivity contribution in [2.45, 2.75) is 13.0 Å². The quantitative estimate of drug-likeness (QED) is 0.703. The Labute approximate surface area is 126 Å². The number of hydrogen-bond donors (Lipinski definition) is 2. The largest absolute Gasteiger partial charge is 0.465 e. The van der Waals surface area contributed by atoms with Gasteiger partial charge in [-0.2, -0.15) is 0 Å². The number of benzene rings is 1. The number of nitrogens with two attached hydrogens (primary N) is 2. The Morgan fingerprint density at radius 2 is 1.95 bits per heavy atom. The second-order valence-corrected chi connectivity index (χ2v) is 4.93. The molecule has 0 radical (unpaired) electrons. The Hall–Kier alpha value is -2.67. The highest BCUT2D eigenvalue weighted by Crippen LogP contribution is 2.28. The lowest BCUT2D eigenvalue weighted by Gasteiger charge is -2.06. The van der Waals surface area contributed by atoms with Crippen molar-refractivity contribution in [1.29, 1.82) is 0 Å². The van der Waals surface area contributed by atoms with Crippen LogP contribution in [0.2, 0.25) is 0 Å². The average molecular weight is 299 g/mol. The fraction of sp³-hybridized carbons (Fsp3) is 0.267. The molecule has 3 aromatic rings. The van der Waals surface area contributed by atoms with Gasteiger partial charge in [0.25, 0.3) is 0 Å². The van der Waals surface area contributed by atoms with Gasteiger partial charge in [-0.05, 0) is 25.1 Å². The molecule has 7 nitrogen and oxygen atoms in total. The number of methoxy groups -OCH3 is 1. The molecule has 2 aromatic heterocycles. The number of rotatable bonds is 4. The molecule has 0 amide bonds. The third-order valence-corrected chi connectivity index (χ3v) is 3.57. The van der Waals surface area contributed by atoms with Gasteiger partial charge in [0.05, 0.1) is 18.1 Å². The Morgan fingerprint density at radius 1 is 1.27 bits per heavy atom. The summed E-state index contributed by atoms with van der Waals surface area (Å²) in [6.45, 7) is 1.09. The van der Waals surface area contributed by atoms with Gasteiger partial charge in [-0.15, -0.1) is 0 Å². The van der Waals surface area contributed by atoms with Crippen LogP contribution in [-0.4, -0.2) is 34.2 Å². The Balaban J connectivity index is 2.34. The van der Waals surface area contributed by atoms with Gasteiger partial charge in [-0.1, -0.05) is 12.1 Å². The van der Waals surface area contributed by atoms with Gasteiger partial charge in [-0.3, -0.25) is 0 Å². The highest BCUT2D eigenvalue weighted by molar-refractivity contribution is 6.08. The summed E-state index contributed by atoms with van der Waals surface area (Å²) < 4.78 is 6.60. The molecular weight excluding hydrogens is 282 g/mol. The van der Waals surface area contributed by atoms with Crippen LogP contribution in [0.15, 0.2) is 24.3 Å². The van der Waals surface area contributed by atoms with Crippen molar-refractivity contribution in [1.82, 2.24) is 14.5 Å². The monoisotopic (exact) mass is 299 g/mol. The molecule has 22 heavy (non-hydrogen) atoms. The average Bonchev–Trinajstić information content (AvgIpc) is 2.81. The first kappa shape index (κ1) is 14.3. The van der Waals surface area contributed by atoms with Gasteiger partial charge in [0.15, 0.2) is 5.65 Å². The maximum atomic E-state index is 12.1. The van der Waals surface area contributed by atoms with Crippen LogP contribution in [0.25, 0.3) is 22.2 Å². The maximum Gasteiger partial charge on any atom is 0.343 e. The van der Waals surface area contributed by atoms with Crippen molar-refractivity contribution < 1.29 is 9.53 Å². The van der Waals surface area contributed by atoms with Crippen molar-refractivity contribution in [2.75, 3.05) is 19.4 Å². The summed E-state index contributed by atoms with van der Waals surface area (Å²) in [5.41, 5.74) is 14.5. The molecule has 0 aliphatic heterocycles. The maximum absolute atomic E-state index is 12.1. The van der Waals surface area contributed by atoms with Gasteiger partial charge in [0, 0.05) is 6.54 Å². The van der Waals surface area contributed by atoms with Crippen molar-refractivity contribution in [3.63, 3.8) is 0 Å². The molecule has 0 aliphatic rings. The van der Waals surface area contributed by atoms with Crippen LogP contribution in [0.5, 0.6) is 0 Å². The second-order valence-electron chi connectivity index (χ2n) is 4.93. The van der Waals surface area contributed by atoms with Crippen molar-refractivity contribution in [3.8, 4) is 0 Å². The lowest BCUT2D eigenvalue weighted by atomic mass is 10.2. The number of nitrogen functional groups attached to an aromatic ring is 1. The number of nitrogens with zero attached hydrogens (tertiary/aromatic N) is 3. The van der Waals surface area contributed by atoms with E-state index in [1.54, 1.807) is 4.57 Å². The van der Waals surface area contributed by atoms with Crippen LogP contribution in [0, 0.1) is 0 Å². The summed E-state index contributed by atoms with van der Waals surface area (Å²) in [5, 5.41) is 0. The minimum absolute atomic E-state index is 0.257. The van der Waals surface area contributed by atoms with Gasteiger partial charge in [-0.25, -0.2) is 14.8 Å². The van der Waals surface area contributed by atoms with E-state index >= 15 is 0 Å². The van der Waals surface area contributed by atoms with Gasteiger partial charge in [0.2, 0.25) is 0 Å². The van der Waals surface area contributed by atoms with E-state index in [9.17, 15) is 4.79 Å². The van der Waals surface area contributed by atoms with E-state index in [2.05, 4.69) is 9.97 Å². The van der Waals surface area contributed by atoms with E-state index in [0.29, 0.717) is 35.6 Å². The number of aryl methyl sites for hydroxylation is 1. The number of fused-ring (bicyclic) bond motifs is 2. The Kier molecular flexibility index (Phi) is 3.64. The summed E-state index contributed by atoms with van der Waals surface area (Å²) in [7, 11) is 1.32. The smallest absolute Gasteiger partial charge is 0.343 e. The number of hydrogen-bond acceptors (Lipinski definition) is 6. The number of carbonyl (C=O) groups excluding carboxylic acids is 1. The molecule has 0 aliphatic carbocycles. The minimum atomic E-state index is -0.515. The molecule has 0 unspecified atom stereocenters. The normalized spacial score (nSPS) is 11.2. The first-order chi connectivity index (χ1) is 10.7. The van der Waals surface area contributed by atoms with Crippen LogP contribution in [0.3, 0.4) is 0 Å². The molecule has 0 atom stereocenters. The molecule has 3 rings (SSSR count). The molecule has 2 heterocycles.